The first-order valence-electron chi connectivity index (χ1n) is 8.83. The smallest absolute Gasteiger partial charge is 0.285 e. The van der Waals surface area contributed by atoms with Crippen molar-refractivity contribution in [2.75, 3.05) is 45.9 Å². The molecule has 4 heterocycles. The molecule has 0 radical (unpaired) electrons. The lowest BCUT2D eigenvalue weighted by Crippen LogP contribution is -2.53. The van der Waals surface area contributed by atoms with Gasteiger partial charge in [-0.3, -0.25) is 19.5 Å². The third-order valence-corrected chi connectivity index (χ3v) is 5.74. The quantitative estimate of drug-likeness (QED) is 0.788. The largest absolute Gasteiger partial charge is 0.379 e. The Bertz CT molecular complexity index is 824. The van der Waals surface area contributed by atoms with Crippen LogP contribution in [0.15, 0.2) is 12.1 Å². The number of hydrogen-bond acceptors (Lipinski definition) is 6. The summed E-state index contributed by atoms with van der Waals surface area (Å²) in [5.41, 5.74) is 4.75. The highest BCUT2D eigenvalue weighted by Crippen LogP contribution is 2.30. The Kier molecular flexibility index (Phi) is 4.94. The minimum Gasteiger partial charge on any atom is -0.379 e. The molecule has 2 aromatic heterocycles. The summed E-state index contributed by atoms with van der Waals surface area (Å²) in [6, 6.07) is 4.01. The van der Waals surface area contributed by atoms with Gasteiger partial charge in [0, 0.05) is 31.1 Å². The summed E-state index contributed by atoms with van der Waals surface area (Å²) in [4.78, 5) is 28.3. The Morgan fingerprint density at radius 3 is 2.96 bits per heavy atom. The van der Waals surface area contributed by atoms with Crippen molar-refractivity contribution in [2.24, 2.45) is 0 Å². The van der Waals surface area contributed by atoms with Crippen LogP contribution in [-0.2, 0) is 16.2 Å². The van der Waals surface area contributed by atoms with Crippen LogP contribution < -0.4 is 10.7 Å². The number of rotatable bonds is 5. The summed E-state index contributed by atoms with van der Waals surface area (Å²) in [6.07, 6.45) is 0. The molecule has 0 atom stereocenters. The predicted molar refractivity (Wildman–Crippen MR) is 99.0 cm³/mol. The van der Waals surface area contributed by atoms with Gasteiger partial charge >= 0.3 is 0 Å². The van der Waals surface area contributed by atoms with E-state index in [9.17, 15) is 9.59 Å². The van der Waals surface area contributed by atoms with Crippen molar-refractivity contribution >= 4 is 33.4 Å². The molecule has 26 heavy (non-hydrogen) atoms. The molecule has 4 rings (SSSR count). The lowest BCUT2D eigenvalue weighted by atomic mass is 10.3. The number of aromatic nitrogens is 1. The molecule has 2 N–H and O–H groups in total. The number of fused-ring (bicyclic) bond motifs is 3. The van der Waals surface area contributed by atoms with E-state index in [4.69, 9.17) is 4.74 Å². The predicted octanol–water partition coefficient (Wildman–Crippen LogP) is 0.378. The van der Waals surface area contributed by atoms with Gasteiger partial charge < -0.3 is 14.6 Å². The minimum absolute atomic E-state index is 0.0137. The zero-order valence-electron chi connectivity index (χ0n) is 14.8. The highest BCUT2D eigenvalue weighted by molar-refractivity contribution is 7.19. The maximum absolute atomic E-state index is 12.7. The zero-order chi connectivity index (χ0) is 18.1. The monoisotopic (exact) mass is 377 g/mol. The van der Waals surface area contributed by atoms with E-state index in [0.717, 1.165) is 43.1 Å². The fourth-order valence-electron chi connectivity index (χ4n) is 3.38. The summed E-state index contributed by atoms with van der Waals surface area (Å²) >= 11 is 1.68. The average Bonchev–Trinajstić information content (AvgIpc) is 3.15. The molecule has 2 amide bonds. The number of thiophene rings is 1. The van der Waals surface area contributed by atoms with Crippen molar-refractivity contribution in [1.82, 2.24) is 25.2 Å². The van der Waals surface area contributed by atoms with Crippen LogP contribution in [0.2, 0.25) is 0 Å². The van der Waals surface area contributed by atoms with Gasteiger partial charge in [0.25, 0.3) is 5.91 Å². The lowest BCUT2D eigenvalue weighted by molar-refractivity contribution is -0.122. The Morgan fingerprint density at radius 2 is 2.15 bits per heavy atom. The average molecular weight is 377 g/mol. The van der Waals surface area contributed by atoms with Crippen molar-refractivity contribution in [1.29, 1.82) is 0 Å². The van der Waals surface area contributed by atoms with Gasteiger partial charge in [-0.2, -0.15) is 0 Å². The van der Waals surface area contributed by atoms with Gasteiger partial charge in [0.2, 0.25) is 5.91 Å². The zero-order valence-corrected chi connectivity index (χ0v) is 15.6. The second-order valence-electron chi connectivity index (χ2n) is 6.58. The molecule has 0 saturated carbocycles. The second-order valence-corrected chi connectivity index (χ2v) is 7.86. The fraction of sp³-hybridized carbons (Fsp3) is 0.529. The summed E-state index contributed by atoms with van der Waals surface area (Å²) in [7, 11) is 0. The molecule has 0 aliphatic carbocycles. The van der Waals surface area contributed by atoms with E-state index >= 15 is 0 Å². The van der Waals surface area contributed by atoms with Crippen LogP contribution in [0.3, 0.4) is 0 Å². The number of morpholine rings is 1. The van der Waals surface area contributed by atoms with Gasteiger partial charge in [0.15, 0.2) is 0 Å². The molecule has 9 heteroatoms. The van der Waals surface area contributed by atoms with Gasteiger partial charge in [-0.25, -0.2) is 5.43 Å². The summed E-state index contributed by atoms with van der Waals surface area (Å²) in [5.74, 6) is -0.322. The van der Waals surface area contributed by atoms with E-state index in [2.05, 4.69) is 28.6 Å². The van der Waals surface area contributed by atoms with Crippen molar-refractivity contribution < 1.29 is 14.3 Å². The number of amides is 2. The topological polar surface area (TPSA) is 78.8 Å². The van der Waals surface area contributed by atoms with Gasteiger partial charge in [0.1, 0.15) is 12.2 Å². The number of carbonyl (C=O) groups excluding carboxylic acids is 2. The highest BCUT2D eigenvalue weighted by atomic mass is 32.1. The van der Waals surface area contributed by atoms with E-state index in [0.29, 0.717) is 18.9 Å². The maximum atomic E-state index is 12.7. The van der Waals surface area contributed by atoms with E-state index in [1.807, 2.05) is 10.6 Å². The Labute approximate surface area is 155 Å². The number of carbonyl (C=O) groups is 2. The molecule has 8 nitrogen and oxygen atoms in total. The van der Waals surface area contributed by atoms with E-state index in [1.165, 1.54) is 9.89 Å². The molecule has 2 aliphatic rings. The first-order valence-corrected chi connectivity index (χ1v) is 9.65. The molecular weight excluding hydrogens is 354 g/mol. The van der Waals surface area contributed by atoms with Gasteiger partial charge in [0.05, 0.1) is 30.1 Å². The van der Waals surface area contributed by atoms with Crippen LogP contribution in [0.5, 0.6) is 0 Å². The van der Waals surface area contributed by atoms with Crippen LogP contribution in [0.4, 0.5) is 0 Å². The number of hydrogen-bond donors (Lipinski definition) is 2. The molecule has 0 spiro atoms. The third-order valence-electron chi connectivity index (χ3n) is 4.75. The number of nitrogens with one attached hydrogen (secondary N) is 2. The first-order chi connectivity index (χ1) is 12.6. The maximum Gasteiger partial charge on any atom is 0.285 e. The standard InChI is InChI=1S/C17H23N5O3S/c1-12-8-13-15(26-12)9-14-17(24)22(19-11-21(13)14)10-16(23)18-2-3-20-4-6-25-7-5-20/h8-9,19H,2-7,10-11H2,1H3,(H,18,23). The normalized spacial score (nSPS) is 18.3. The molecule has 0 aromatic carbocycles. The lowest BCUT2D eigenvalue weighted by Gasteiger charge is -2.29. The second kappa shape index (κ2) is 7.36. The summed E-state index contributed by atoms with van der Waals surface area (Å²) in [5, 5.41) is 4.29. The van der Waals surface area contributed by atoms with Crippen molar-refractivity contribution in [3.8, 4) is 0 Å². The van der Waals surface area contributed by atoms with Crippen LogP contribution in [-0.4, -0.2) is 72.2 Å². The molecule has 0 unspecified atom stereocenters. The molecular formula is C17H23N5O3S. The van der Waals surface area contributed by atoms with Gasteiger partial charge in [-0.1, -0.05) is 0 Å². The summed E-state index contributed by atoms with van der Waals surface area (Å²) in [6.45, 7) is 7.23. The number of nitrogens with zero attached hydrogens (tertiary/aromatic N) is 3. The van der Waals surface area contributed by atoms with Crippen molar-refractivity contribution in [3.63, 3.8) is 0 Å². The van der Waals surface area contributed by atoms with E-state index < -0.39 is 0 Å². The molecule has 1 fully saturated rings. The molecule has 140 valence electrons. The summed E-state index contributed by atoms with van der Waals surface area (Å²) < 4.78 is 8.38. The van der Waals surface area contributed by atoms with Crippen LogP contribution in [0.1, 0.15) is 15.4 Å². The molecule has 0 bridgehead atoms. The molecule has 2 aliphatic heterocycles. The Balaban J connectivity index is 1.31. The number of aryl methyl sites for hydroxylation is 1. The van der Waals surface area contributed by atoms with E-state index in [-0.39, 0.29) is 18.4 Å². The van der Waals surface area contributed by atoms with Crippen LogP contribution >= 0.6 is 11.3 Å². The van der Waals surface area contributed by atoms with Crippen LogP contribution in [0, 0.1) is 6.92 Å². The van der Waals surface area contributed by atoms with Gasteiger partial charge in [-0.05, 0) is 19.1 Å². The van der Waals surface area contributed by atoms with Crippen LogP contribution in [0.25, 0.3) is 10.2 Å². The van der Waals surface area contributed by atoms with Crippen molar-refractivity contribution in [3.05, 3.63) is 22.7 Å². The molecule has 1 saturated heterocycles. The van der Waals surface area contributed by atoms with Gasteiger partial charge in [-0.15, -0.1) is 11.3 Å². The number of hydrazine groups is 1. The van der Waals surface area contributed by atoms with E-state index in [1.54, 1.807) is 11.3 Å². The fourth-order valence-corrected chi connectivity index (χ4v) is 4.35. The third kappa shape index (κ3) is 3.48. The SMILES string of the molecule is Cc1cc2c(cc3n2CNN(CC(=O)NCCN2CCOCC2)C3=O)s1. The first kappa shape index (κ1) is 17.5. The molecule has 2 aromatic rings. The van der Waals surface area contributed by atoms with Crippen molar-refractivity contribution in [2.45, 2.75) is 13.6 Å². The Hall–Kier alpha value is -1.94. The minimum atomic E-state index is -0.166. The highest BCUT2D eigenvalue weighted by Gasteiger charge is 2.28. The number of ether oxygens (including phenoxy) is 1. The Morgan fingerprint density at radius 1 is 1.35 bits per heavy atom.